The predicted octanol–water partition coefficient (Wildman–Crippen LogP) is 3.61. The van der Waals surface area contributed by atoms with Crippen LogP contribution in [0.4, 0.5) is 26.3 Å². The van der Waals surface area contributed by atoms with Gasteiger partial charge in [0, 0.05) is 12.6 Å². The van der Waals surface area contributed by atoms with Gasteiger partial charge in [0.05, 0.1) is 0 Å². The second-order valence-corrected chi connectivity index (χ2v) is 5.32. The van der Waals surface area contributed by atoms with Gasteiger partial charge in [-0.3, -0.25) is 0 Å². The minimum absolute atomic E-state index is 0.0126. The minimum atomic E-state index is -5.15. The maximum absolute atomic E-state index is 12.7. The van der Waals surface area contributed by atoms with E-state index in [1.807, 2.05) is 30.3 Å². The second-order valence-electron chi connectivity index (χ2n) is 5.32. The smallest absolute Gasteiger partial charge is 0.433 e. The summed E-state index contributed by atoms with van der Waals surface area (Å²) in [4.78, 5) is 13.5. The highest BCUT2D eigenvalue weighted by molar-refractivity contribution is 5.86. The van der Waals surface area contributed by atoms with Crippen LogP contribution < -0.4 is 5.73 Å². The summed E-state index contributed by atoms with van der Waals surface area (Å²) in [6.45, 7) is 0.640. The molecule has 0 aliphatic heterocycles. The zero-order chi connectivity index (χ0) is 21.1. The topological polar surface area (TPSA) is 93.5 Å². The number of carboxylic acids is 1. The SMILES string of the molecule is NCc1ccccc1.O=C(O)c1cc2nc(C(F)(F)F)cc(C(F)(F)F)n2n1. The van der Waals surface area contributed by atoms with Gasteiger partial charge >= 0.3 is 18.3 Å². The average Bonchev–Trinajstić information content (AvgIpc) is 3.05. The molecule has 2 heterocycles. The van der Waals surface area contributed by atoms with Crippen molar-refractivity contribution in [2.45, 2.75) is 18.9 Å². The first-order valence-electron chi connectivity index (χ1n) is 7.46. The van der Waals surface area contributed by atoms with Gasteiger partial charge < -0.3 is 10.8 Å². The number of alkyl halides is 6. The molecule has 0 saturated heterocycles. The van der Waals surface area contributed by atoms with Crippen LogP contribution in [0.5, 0.6) is 0 Å². The van der Waals surface area contributed by atoms with E-state index in [0.29, 0.717) is 12.6 Å². The number of carbonyl (C=O) groups is 1. The number of benzene rings is 1. The van der Waals surface area contributed by atoms with Gasteiger partial charge in [-0.15, -0.1) is 0 Å². The fraction of sp³-hybridized carbons (Fsp3) is 0.188. The van der Waals surface area contributed by atoms with Gasteiger partial charge in [-0.05, 0) is 11.6 Å². The summed E-state index contributed by atoms with van der Waals surface area (Å²) in [5.74, 6) is -1.68. The highest BCUT2D eigenvalue weighted by Crippen LogP contribution is 2.34. The lowest BCUT2D eigenvalue weighted by atomic mass is 10.2. The van der Waals surface area contributed by atoms with Crippen LogP contribution in [-0.2, 0) is 18.9 Å². The van der Waals surface area contributed by atoms with Crippen molar-refractivity contribution in [3.8, 4) is 0 Å². The van der Waals surface area contributed by atoms with E-state index in [9.17, 15) is 31.1 Å². The van der Waals surface area contributed by atoms with Crippen LogP contribution in [0, 0.1) is 0 Å². The van der Waals surface area contributed by atoms with Gasteiger partial charge in [-0.25, -0.2) is 14.3 Å². The average molecular weight is 406 g/mol. The molecule has 0 spiro atoms. The summed E-state index contributed by atoms with van der Waals surface area (Å²) in [5.41, 5.74) is 1.29. The zero-order valence-electron chi connectivity index (χ0n) is 13.8. The first-order chi connectivity index (χ1) is 12.9. The number of hydrogen-bond donors (Lipinski definition) is 2. The molecule has 3 aromatic rings. The standard InChI is InChI=1S/C9H3F6N3O2.C7H9N/c10-8(11,12)4-2-5(9(13,14)15)18-6(16-4)1-3(17-18)7(19)20;8-6-7-4-2-1-3-5-7/h1-2H,(H,19,20);1-5H,6,8H2. The normalized spacial score (nSPS) is 11.8. The number of hydrogen-bond acceptors (Lipinski definition) is 4. The molecule has 0 unspecified atom stereocenters. The molecule has 28 heavy (non-hydrogen) atoms. The van der Waals surface area contributed by atoms with E-state index in [0.717, 1.165) is 0 Å². The molecule has 0 aliphatic carbocycles. The third-order valence-electron chi connectivity index (χ3n) is 3.31. The molecule has 150 valence electrons. The van der Waals surface area contributed by atoms with Crippen molar-refractivity contribution < 1.29 is 36.2 Å². The molecule has 3 rings (SSSR count). The first-order valence-corrected chi connectivity index (χ1v) is 7.46. The monoisotopic (exact) mass is 406 g/mol. The van der Waals surface area contributed by atoms with Crippen LogP contribution in [0.15, 0.2) is 42.5 Å². The largest absolute Gasteiger partial charge is 0.476 e. The Balaban J connectivity index is 0.000000292. The maximum Gasteiger partial charge on any atom is 0.433 e. The molecule has 12 heteroatoms. The Morgan fingerprint density at radius 2 is 1.64 bits per heavy atom. The Hall–Kier alpha value is -3.15. The first kappa shape index (κ1) is 21.2. The van der Waals surface area contributed by atoms with Gasteiger partial charge in [-0.2, -0.15) is 31.4 Å². The molecule has 0 bridgehead atoms. The Labute approximate surface area is 153 Å². The van der Waals surface area contributed by atoms with Crippen molar-refractivity contribution in [2.75, 3.05) is 0 Å². The molecule has 2 aromatic heterocycles. The summed E-state index contributed by atoms with van der Waals surface area (Å²) in [6.07, 6.45) is -10.3. The van der Waals surface area contributed by atoms with Crippen molar-refractivity contribution in [2.24, 2.45) is 5.73 Å². The van der Waals surface area contributed by atoms with E-state index in [4.69, 9.17) is 10.8 Å². The number of nitrogens with two attached hydrogens (primary N) is 1. The molecule has 3 N–H and O–H groups in total. The molecule has 1 aromatic carbocycles. The highest BCUT2D eigenvalue weighted by atomic mass is 19.4. The van der Waals surface area contributed by atoms with Crippen LogP contribution in [0.25, 0.3) is 5.65 Å². The number of fused-ring (bicyclic) bond motifs is 1. The fourth-order valence-corrected chi connectivity index (χ4v) is 2.04. The summed E-state index contributed by atoms with van der Waals surface area (Å²) < 4.78 is 75.5. The molecule has 0 aliphatic rings. The van der Waals surface area contributed by atoms with Crippen molar-refractivity contribution in [1.29, 1.82) is 0 Å². The van der Waals surface area contributed by atoms with Crippen LogP contribution in [-0.4, -0.2) is 25.7 Å². The Kier molecular flexibility index (Phi) is 5.92. The molecule has 0 fully saturated rings. The quantitative estimate of drug-likeness (QED) is 0.635. The van der Waals surface area contributed by atoms with Gasteiger partial charge in [0.2, 0.25) is 0 Å². The van der Waals surface area contributed by atoms with Crippen molar-refractivity contribution in [3.63, 3.8) is 0 Å². The maximum atomic E-state index is 12.7. The number of carboxylic acid groups (broad SMARTS) is 1. The van der Waals surface area contributed by atoms with Crippen LogP contribution in [0.1, 0.15) is 27.4 Å². The zero-order valence-corrected chi connectivity index (χ0v) is 13.8. The summed E-state index contributed by atoms with van der Waals surface area (Å²) in [5, 5.41) is 11.7. The number of nitrogens with zero attached hydrogens (tertiary/aromatic N) is 3. The van der Waals surface area contributed by atoms with Gasteiger partial charge in [0.25, 0.3) is 0 Å². The van der Waals surface area contributed by atoms with Crippen LogP contribution >= 0.6 is 0 Å². The molecule has 0 saturated carbocycles. The van der Waals surface area contributed by atoms with E-state index in [-0.39, 0.29) is 10.6 Å². The summed E-state index contributed by atoms with van der Waals surface area (Å²) >= 11 is 0. The lowest BCUT2D eigenvalue weighted by Gasteiger charge is -2.12. The van der Waals surface area contributed by atoms with E-state index in [1.165, 1.54) is 5.56 Å². The fourth-order valence-electron chi connectivity index (χ4n) is 2.04. The minimum Gasteiger partial charge on any atom is -0.476 e. The Morgan fingerprint density at radius 1 is 1.04 bits per heavy atom. The molecule has 6 nitrogen and oxygen atoms in total. The number of halogens is 6. The third-order valence-corrected chi connectivity index (χ3v) is 3.31. The van der Waals surface area contributed by atoms with Gasteiger partial charge in [-0.1, -0.05) is 30.3 Å². The third kappa shape index (κ3) is 4.97. The predicted molar refractivity (Wildman–Crippen MR) is 84.3 cm³/mol. The van der Waals surface area contributed by atoms with E-state index in [2.05, 4.69) is 10.1 Å². The van der Waals surface area contributed by atoms with Gasteiger partial charge in [0.1, 0.15) is 5.69 Å². The lowest BCUT2D eigenvalue weighted by molar-refractivity contribution is -0.148. The van der Waals surface area contributed by atoms with E-state index in [1.54, 1.807) is 0 Å². The molecule has 0 amide bonds. The molecule has 0 atom stereocenters. The molecule has 0 radical (unpaired) electrons. The molecular formula is C16H12F6N4O2. The lowest BCUT2D eigenvalue weighted by Crippen LogP contribution is -2.18. The summed E-state index contributed by atoms with van der Waals surface area (Å²) in [7, 11) is 0. The van der Waals surface area contributed by atoms with Crippen LogP contribution in [0.3, 0.4) is 0 Å². The van der Waals surface area contributed by atoms with Gasteiger partial charge in [0.15, 0.2) is 17.0 Å². The number of rotatable bonds is 2. The van der Waals surface area contributed by atoms with Crippen LogP contribution in [0.2, 0.25) is 0 Å². The van der Waals surface area contributed by atoms with Crippen molar-refractivity contribution in [1.82, 2.24) is 14.6 Å². The second kappa shape index (κ2) is 7.84. The number of aromatic nitrogens is 3. The summed E-state index contributed by atoms with van der Waals surface area (Å²) in [6, 6.07) is 10.3. The van der Waals surface area contributed by atoms with E-state index >= 15 is 0 Å². The highest BCUT2D eigenvalue weighted by Gasteiger charge is 2.40. The molecular weight excluding hydrogens is 394 g/mol. The van der Waals surface area contributed by atoms with Crippen molar-refractivity contribution in [3.05, 3.63) is 65.1 Å². The van der Waals surface area contributed by atoms with Crippen molar-refractivity contribution >= 4 is 11.6 Å². The van der Waals surface area contributed by atoms with E-state index < -0.39 is 41.1 Å². The number of aromatic carboxylic acids is 1. The Morgan fingerprint density at radius 3 is 2.07 bits per heavy atom. The Bertz CT molecular complexity index is 967.